The molecule has 0 bridgehead atoms. The van der Waals surface area contributed by atoms with Gasteiger partial charge in [0, 0.05) is 11.6 Å². The molecule has 0 amide bonds. The van der Waals surface area contributed by atoms with Gasteiger partial charge in [0.15, 0.2) is 0 Å². The molecule has 18 heavy (non-hydrogen) atoms. The smallest absolute Gasteiger partial charge is 0.308 e. The number of esters is 1. The summed E-state index contributed by atoms with van der Waals surface area (Å²) in [5.74, 6) is 0.0918. The number of carbonyl (C=O) groups excluding carboxylic acids is 1. The molecule has 3 N–H and O–H groups in total. The van der Waals surface area contributed by atoms with Crippen molar-refractivity contribution in [1.82, 2.24) is 0 Å². The van der Waals surface area contributed by atoms with Crippen LogP contribution >= 0.6 is 0 Å². The van der Waals surface area contributed by atoms with Crippen LogP contribution in [0.2, 0.25) is 0 Å². The van der Waals surface area contributed by atoms with Crippen molar-refractivity contribution in [2.75, 3.05) is 6.61 Å². The third-order valence-electron chi connectivity index (χ3n) is 2.22. The molecular formula is C13H21N3O2. The fourth-order valence-corrected chi connectivity index (χ4v) is 1.16. The Morgan fingerprint density at radius 2 is 2.39 bits per heavy atom. The molecule has 0 aromatic rings. The number of aliphatic imine (C=N–C) groups is 1. The highest BCUT2D eigenvalue weighted by atomic mass is 16.5. The number of nitrogens with one attached hydrogen (secondary N) is 1. The van der Waals surface area contributed by atoms with E-state index in [1.807, 2.05) is 32.1 Å². The standard InChI is InChI=1S/C11H17NO2.C2H4N2/c1-8(2)11(13)14-7-9-3-5-10(12)6-4-9;1-4-2-3/h3,5-6,8-9H,4,7,12H2,1-2H3;2-3H,1H2. The number of hydrogen-bond donors (Lipinski definition) is 2. The second-order valence-electron chi connectivity index (χ2n) is 4.16. The second kappa shape index (κ2) is 9.15. The maximum Gasteiger partial charge on any atom is 0.308 e. The minimum Gasteiger partial charge on any atom is -0.465 e. The summed E-state index contributed by atoms with van der Waals surface area (Å²) in [6, 6.07) is 0. The Morgan fingerprint density at radius 1 is 1.78 bits per heavy atom. The Labute approximate surface area is 108 Å². The molecule has 100 valence electrons. The van der Waals surface area contributed by atoms with Crippen molar-refractivity contribution in [3.05, 3.63) is 23.9 Å². The molecular weight excluding hydrogens is 230 g/mol. The maximum absolute atomic E-state index is 11.2. The summed E-state index contributed by atoms with van der Waals surface area (Å²) in [6.07, 6.45) is 7.54. The van der Waals surface area contributed by atoms with E-state index < -0.39 is 0 Å². The van der Waals surface area contributed by atoms with Crippen molar-refractivity contribution in [1.29, 1.82) is 5.41 Å². The van der Waals surface area contributed by atoms with Crippen molar-refractivity contribution in [2.45, 2.75) is 20.3 Å². The van der Waals surface area contributed by atoms with E-state index in [1.165, 1.54) is 0 Å². The first-order valence-electron chi connectivity index (χ1n) is 5.76. The van der Waals surface area contributed by atoms with Crippen LogP contribution in [0.25, 0.3) is 0 Å². The molecule has 0 heterocycles. The Morgan fingerprint density at radius 3 is 2.78 bits per heavy atom. The summed E-state index contributed by atoms with van der Waals surface area (Å²) in [7, 11) is 0. The summed E-state index contributed by atoms with van der Waals surface area (Å²) in [5, 5.41) is 6.10. The predicted molar refractivity (Wildman–Crippen MR) is 73.6 cm³/mol. The molecule has 0 saturated heterocycles. The van der Waals surface area contributed by atoms with Gasteiger partial charge >= 0.3 is 5.97 Å². The Balaban J connectivity index is 0.000000631. The van der Waals surface area contributed by atoms with Crippen LogP contribution in [-0.2, 0) is 9.53 Å². The van der Waals surface area contributed by atoms with Crippen LogP contribution in [0.3, 0.4) is 0 Å². The van der Waals surface area contributed by atoms with Gasteiger partial charge < -0.3 is 10.5 Å². The van der Waals surface area contributed by atoms with Crippen molar-refractivity contribution < 1.29 is 9.53 Å². The number of ether oxygens (including phenoxy) is 1. The fourth-order valence-electron chi connectivity index (χ4n) is 1.16. The number of hydrogen-bond acceptors (Lipinski definition) is 4. The third kappa shape index (κ3) is 7.38. The van der Waals surface area contributed by atoms with Gasteiger partial charge in [-0.2, -0.15) is 0 Å². The van der Waals surface area contributed by atoms with Crippen LogP contribution in [0.15, 0.2) is 28.9 Å². The van der Waals surface area contributed by atoms with Crippen LogP contribution < -0.4 is 5.73 Å². The lowest BCUT2D eigenvalue weighted by molar-refractivity contribution is -0.148. The molecule has 0 aromatic carbocycles. The van der Waals surface area contributed by atoms with E-state index in [-0.39, 0.29) is 17.8 Å². The van der Waals surface area contributed by atoms with Gasteiger partial charge in [-0.05, 0) is 19.2 Å². The third-order valence-corrected chi connectivity index (χ3v) is 2.22. The van der Waals surface area contributed by atoms with Crippen LogP contribution in [0.4, 0.5) is 0 Å². The quantitative estimate of drug-likeness (QED) is 0.454. The van der Waals surface area contributed by atoms with Gasteiger partial charge in [0.25, 0.3) is 0 Å². The highest BCUT2D eigenvalue weighted by Gasteiger charge is 2.12. The van der Waals surface area contributed by atoms with E-state index in [1.54, 1.807) is 0 Å². The van der Waals surface area contributed by atoms with E-state index in [0.29, 0.717) is 6.61 Å². The zero-order chi connectivity index (χ0) is 14.0. The van der Waals surface area contributed by atoms with Gasteiger partial charge in [-0.1, -0.05) is 26.0 Å². The molecule has 0 aliphatic heterocycles. The number of allylic oxidation sites excluding steroid dienone is 2. The molecule has 5 nitrogen and oxygen atoms in total. The average Bonchev–Trinajstić information content (AvgIpc) is 2.38. The second-order valence-corrected chi connectivity index (χ2v) is 4.16. The molecule has 1 atom stereocenters. The lowest BCUT2D eigenvalue weighted by atomic mass is 10.0. The fraction of sp³-hybridized carbons (Fsp3) is 0.462. The summed E-state index contributed by atoms with van der Waals surface area (Å²) >= 11 is 0. The molecule has 1 unspecified atom stereocenters. The molecule has 0 aromatic heterocycles. The molecule has 5 heteroatoms. The SMILES string of the molecule is C=NC=N.CC(C)C(=O)OCC1C=CC(N)=CC1. The summed E-state index contributed by atoms with van der Waals surface area (Å²) in [6.45, 7) is 7.10. The Bertz CT molecular complexity index is 340. The number of nitrogens with zero attached hydrogens (tertiary/aromatic N) is 1. The van der Waals surface area contributed by atoms with Gasteiger partial charge in [0.05, 0.1) is 12.5 Å². The maximum atomic E-state index is 11.2. The minimum atomic E-state index is -0.138. The first-order chi connectivity index (χ1) is 8.51. The molecule has 0 radical (unpaired) electrons. The zero-order valence-electron chi connectivity index (χ0n) is 10.9. The first-order valence-corrected chi connectivity index (χ1v) is 5.76. The van der Waals surface area contributed by atoms with E-state index in [2.05, 4.69) is 11.7 Å². The summed E-state index contributed by atoms with van der Waals surface area (Å²) in [4.78, 5) is 14.2. The van der Waals surface area contributed by atoms with Gasteiger partial charge in [-0.25, -0.2) is 0 Å². The lowest BCUT2D eigenvalue weighted by Crippen LogP contribution is -2.17. The molecule has 0 spiro atoms. The van der Waals surface area contributed by atoms with E-state index >= 15 is 0 Å². The van der Waals surface area contributed by atoms with Crippen LogP contribution in [-0.4, -0.2) is 25.6 Å². The Hall–Kier alpha value is -1.91. The minimum absolute atomic E-state index is 0.0526. The zero-order valence-corrected chi connectivity index (χ0v) is 10.9. The number of nitrogens with two attached hydrogens (primary N) is 1. The number of carbonyl (C=O) groups is 1. The van der Waals surface area contributed by atoms with Crippen molar-refractivity contribution in [3.8, 4) is 0 Å². The Kier molecular flexibility index (Phi) is 8.18. The van der Waals surface area contributed by atoms with Crippen LogP contribution in [0.5, 0.6) is 0 Å². The predicted octanol–water partition coefficient (Wildman–Crippen LogP) is 1.90. The van der Waals surface area contributed by atoms with Gasteiger partial charge in [-0.15, -0.1) is 0 Å². The van der Waals surface area contributed by atoms with Gasteiger partial charge in [0.1, 0.15) is 6.34 Å². The average molecular weight is 251 g/mol. The van der Waals surface area contributed by atoms with Crippen molar-refractivity contribution in [2.24, 2.45) is 22.6 Å². The largest absolute Gasteiger partial charge is 0.465 e. The van der Waals surface area contributed by atoms with Gasteiger partial charge in [-0.3, -0.25) is 15.2 Å². The monoisotopic (exact) mass is 251 g/mol. The molecule has 1 aliphatic carbocycles. The summed E-state index contributed by atoms with van der Waals surface area (Å²) in [5.41, 5.74) is 6.36. The highest BCUT2D eigenvalue weighted by molar-refractivity contribution is 5.71. The normalized spacial score (nSPS) is 17.3. The van der Waals surface area contributed by atoms with Crippen LogP contribution in [0.1, 0.15) is 20.3 Å². The highest BCUT2D eigenvalue weighted by Crippen LogP contribution is 2.14. The molecule has 1 aliphatic rings. The van der Waals surface area contributed by atoms with Gasteiger partial charge in [0.2, 0.25) is 0 Å². The van der Waals surface area contributed by atoms with Crippen molar-refractivity contribution in [3.63, 3.8) is 0 Å². The van der Waals surface area contributed by atoms with Crippen LogP contribution in [0, 0.1) is 17.2 Å². The molecule has 0 saturated carbocycles. The van der Waals surface area contributed by atoms with E-state index in [0.717, 1.165) is 18.5 Å². The molecule has 1 rings (SSSR count). The molecule has 0 fully saturated rings. The van der Waals surface area contributed by atoms with E-state index in [4.69, 9.17) is 15.9 Å². The first kappa shape index (κ1) is 16.1. The number of rotatable bonds is 4. The van der Waals surface area contributed by atoms with E-state index in [9.17, 15) is 4.79 Å². The summed E-state index contributed by atoms with van der Waals surface area (Å²) < 4.78 is 5.12. The topological polar surface area (TPSA) is 88.5 Å². The van der Waals surface area contributed by atoms with Crippen molar-refractivity contribution >= 4 is 19.0 Å². The lowest BCUT2D eigenvalue weighted by Gasteiger charge is -2.15.